The maximum atomic E-state index is 12.8. The van der Waals surface area contributed by atoms with Crippen molar-refractivity contribution in [2.45, 2.75) is 46.1 Å². The number of fused-ring (bicyclic) bond motifs is 1. The SMILES string of the molecule is CCC(C#N)(CC)C(=O)N1c2ccccc2CC1C. The van der Waals surface area contributed by atoms with Gasteiger partial charge in [-0.3, -0.25) is 4.79 Å². The van der Waals surface area contributed by atoms with Gasteiger partial charge in [0, 0.05) is 11.7 Å². The lowest BCUT2D eigenvalue weighted by Gasteiger charge is -2.31. The van der Waals surface area contributed by atoms with Crippen LogP contribution in [0, 0.1) is 16.7 Å². The minimum Gasteiger partial charge on any atom is -0.308 e. The molecule has 1 amide bonds. The molecule has 0 N–H and O–H groups in total. The number of carbonyl (C=O) groups excluding carboxylic acids is 1. The van der Waals surface area contributed by atoms with Crippen LogP contribution >= 0.6 is 0 Å². The molecule has 0 aliphatic carbocycles. The van der Waals surface area contributed by atoms with Gasteiger partial charge in [0.05, 0.1) is 6.07 Å². The summed E-state index contributed by atoms with van der Waals surface area (Å²) in [4.78, 5) is 14.7. The van der Waals surface area contributed by atoms with Crippen molar-refractivity contribution in [3.63, 3.8) is 0 Å². The van der Waals surface area contributed by atoms with Crippen molar-refractivity contribution in [3.8, 4) is 6.07 Å². The number of carbonyl (C=O) groups is 1. The van der Waals surface area contributed by atoms with Crippen LogP contribution in [0.15, 0.2) is 24.3 Å². The number of hydrogen-bond acceptors (Lipinski definition) is 2. The minimum atomic E-state index is -0.883. The molecule has 0 radical (unpaired) electrons. The standard InChI is InChI=1S/C16H20N2O/c1-4-16(5-2,11-17)15(19)18-12(3)10-13-8-6-7-9-14(13)18/h6-9,12H,4-5,10H2,1-3H3. The van der Waals surface area contributed by atoms with Gasteiger partial charge in [0.1, 0.15) is 5.41 Å². The summed E-state index contributed by atoms with van der Waals surface area (Å²) in [5, 5.41) is 9.44. The van der Waals surface area contributed by atoms with Crippen molar-refractivity contribution in [2.75, 3.05) is 4.90 Å². The molecule has 0 saturated carbocycles. The molecule has 1 aromatic rings. The highest BCUT2D eigenvalue weighted by Crippen LogP contribution is 2.37. The van der Waals surface area contributed by atoms with Gasteiger partial charge in [-0.05, 0) is 37.8 Å². The van der Waals surface area contributed by atoms with Crippen LogP contribution in [0.1, 0.15) is 39.2 Å². The van der Waals surface area contributed by atoms with Crippen molar-refractivity contribution in [3.05, 3.63) is 29.8 Å². The van der Waals surface area contributed by atoms with E-state index in [0.717, 1.165) is 12.1 Å². The first kappa shape index (κ1) is 13.6. The molecular weight excluding hydrogens is 236 g/mol. The molecule has 0 bridgehead atoms. The first-order chi connectivity index (χ1) is 9.09. The molecule has 0 saturated heterocycles. The molecule has 0 spiro atoms. The van der Waals surface area contributed by atoms with Gasteiger partial charge >= 0.3 is 0 Å². The van der Waals surface area contributed by atoms with Crippen molar-refractivity contribution < 1.29 is 4.79 Å². The molecule has 1 aliphatic heterocycles. The molecule has 0 fully saturated rings. The fourth-order valence-corrected chi connectivity index (χ4v) is 2.86. The zero-order valence-electron chi connectivity index (χ0n) is 11.8. The number of hydrogen-bond donors (Lipinski definition) is 0. The molecule has 1 aliphatic rings. The van der Waals surface area contributed by atoms with E-state index in [0.29, 0.717) is 12.8 Å². The van der Waals surface area contributed by atoms with E-state index in [1.807, 2.05) is 43.9 Å². The van der Waals surface area contributed by atoms with E-state index < -0.39 is 5.41 Å². The van der Waals surface area contributed by atoms with Gasteiger partial charge < -0.3 is 4.90 Å². The summed E-state index contributed by atoms with van der Waals surface area (Å²) < 4.78 is 0. The average molecular weight is 256 g/mol. The Hall–Kier alpha value is -1.82. The topological polar surface area (TPSA) is 44.1 Å². The van der Waals surface area contributed by atoms with E-state index in [1.165, 1.54) is 5.56 Å². The first-order valence-electron chi connectivity index (χ1n) is 6.92. The van der Waals surface area contributed by atoms with Crippen LogP contribution in [0.2, 0.25) is 0 Å². The lowest BCUT2D eigenvalue weighted by atomic mass is 9.82. The van der Waals surface area contributed by atoms with E-state index in [4.69, 9.17) is 0 Å². The van der Waals surface area contributed by atoms with Gasteiger partial charge in [0.25, 0.3) is 0 Å². The number of para-hydroxylation sites is 1. The number of nitrogens with zero attached hydrogens (tertiary/aromatic N) is 2. The Morgan fingerprint density at radius 2 is 2.05 bits per heavy atom. The second kappa shape index (κ2) is 5.05. The van der Waals surface area contributed by atoms with Crippen LogP contribution < -0.4 is 4.90 Å². The van der Waals surface area contributed by atoms with E-state index in [1.54, 1.807) is 0 Å². The number of rotatable bonds is 3. The third-order valence-corrected chi connectivity index (χ3v) is 4.26. The summed E-state index contributed by atoms with van der Waals surface area (Å²) in [6.07, 6.45) is 1.99. The summed E-state index contributed by atoms with van der Waals surface area (Å²) in [5.41, 5.74) is 1.29. The van der Waals surface area contributed by atoms with Crippen LogP contribution in [0.5, 0.6) is 0 Å². The van der Waals surface area contributed by atoms with E-state index >= 15 is 0 Å². The fourth-order valence-electron chi connectivity index (χ4n) is 2.86. The Kier molecular flexibility index (Phi) is 3.61. The van der Waals surface area contributed by atoms with Gasteiger partial charge in [-0.1, -0.05) is 32.0 Å². The maximum Gasteiger partial charge on any atom is 0.247 e. The Morgan fingerprint density at radius 1 is 1.42 bits per heavy atom. The smallest absolute Gasteiger partial charge is 0.247 e. The van der Waals surface area contributed by atoms with Crippen LogP contribution in [0.25, 0.3) is 0 Å². The normalized spacial score (nSPS) is 18.0. The Labute approximate surface area is 114 Å². The Bertz CT molecular complexity index is 526. The second-order valence-corrected chi connectivity index (χ2v) is 5.26. The molecule has 1 atom stereocenters. The predicted molar refractivity (Wildman–Crippen MR) is 75.7 cm³/mol. The molecular formula is C16H20N2O. The van der Waals surface area contributed by atoms with Gasteiger partial charge in [-0.25, -0.2) is 0 Å². The van der Waals surface area contributed by atoms with E-state index in [9.17, 15) is 10.1 Å². The van der Waals surface area contributed by atoms with Crippen molar-refractivity contribution in [2.24, 2.45) is 5.41 Å². The Balaban J connectivity index is 2.43. The van der Waals surface area contributed by atoms with Crippen molar-refractivity contribution in [1.29, 1.82) is 5.26 Å². The summed E-state index contributed by atoms with van der Waals surface area (Å²) in [6, 6.07) is 10.4. The second-order valence-electron chi connectivity index (χ2n) is 5.26. The van der Waals surface area contributed by atoms with Gasteiger partial charge in [-0.2, -0.15) is 5.26 Å². The van der Waals surface area contributed by atoms with Gasteiger partial charge in [0.2, 0.25) is 5.91 Å². The molecule has 1 unspecified atom stereocenters. The zero-order valence-corrected chi connectivity index (χ0v) is 11.8. The minimum absolute atomic E-state index is 0.0440. The summed E-state index contributed by atoms with van der Waals surface area (Å²) in [6.45, 7) is 5.87. The number of nitriles is 1. The number of anilines is 1. The molecule has 2 rings (SSSR count). The quantitative estimate of drug-likeness (QED) is 0.833. The summed E-state index contributed by atoms with van der Waals surface area (Å²) in [5.74, 6) is -0.0440. The zero-order chi connectivity index (χ0) is 14.0. The van der Waals surface area contributed by atoms with Crippen molar-refractivity contribution >= 4 is 11.6 Å². The molecule has 1 aromatic carbocycles. The lowest BCUT2D eigenvalue weighted by Crippen LogP contribution is -2.45. The van der Waals surface area contributed by atoms with Crippen LogP contribution in [-0.4, -0.2) is 11.9 Å². The first-order valence-corrected chi connectivity index (χ1v) is 6.92. The molecule has 100 valence electrons. The largest absolute Gasteiger partial charge is 0.308 e. The fraction of sp³-hybridized carbons (Fsp3) is 0.500. The Morgan fingerprint density at radius 3 is 2.63 bits per heavy atom. The van der Waals surface area contributed by atoms with Crippen molar-refractivity contribution in [1.82, 2.24) is 0 Å². The molecule has 1 heterocycles. The van der Waals surface area contributed by atoms with E-state index in [2.05, 4.69) is 12.1 Å². The highest BCUT2D eigenvalue weighted by atomic mass is 16.2. The van der Waals surface area contributed by atoms with Gasteiger partial charge in [-0.15, -0.1) is 0 Å². The lowest BCUT2D eigenvalue weighted by molar-refractivity contribution is -0.126. The van der Waals surface area contributed by atoms with Gasteiger partial charge in [0.15, 0.2) is 0 Å². The predicted octanol–water partition coefficient (Wildman–Crippen LogP) is 3.29. The number of amides is 1. The maximum absolute atomic E-state index is 12.8. The molecule has 0 aromatic heterocycles. The summed E-state index contributed by atoms with van der Waals surface area (Å²) >= 11 is 0. The monoisotopic (exact) mass is 256 g/mol. The average Bonchev–Trinajstić information content (AvgIpc) is 2.76. The van der Waals surface area contributed by atoms with Crippen LogP contribution in [-0.2, 0) is 11.2 Å². The third-order valence-electron chi connectivity index (χ3n) is 4.26. The number of benzene rings is 1. The highest BCUT2D eigenvalue weighted by molar-refractivity contribution is 6.01. The molecule has 3 nitrogen and oxygen atoms in total. The molecule has 3 heteroatoms. The summed E-state index contributed by atoms with van der Waals surface area (Å²) in [7, 11) is 0. The molecule has 19 heavy (non-hydrogen) atoms. The van der Waals surface area contributed by atoms with Crippen LogP contribution in [0.4, 0.5) is 5.69 Å². The van der Waals surface area contributed by atoms with E-state index in [-0.39, 0.29) is 11.9 Å². The highest BCUT2D eigenvalue weighted by Gasteiger charge is 2.43. The third kappa shape index (κ3) is 2.02. The van der Waals surface area contributed by atoms with Crippen LogP contribution in [0.3, 0.4) is 0 Å².